The van der Waals surface area contributed by atoms with E-state index in [9.17, 15) is 23.3 Å². The molecule has 0 atom stereocenters. The Morgan fingerprint density at radius 3 is 2.40 bits per heavy atom. The molecule has 0 amide bonds. The van der Waals surface area contributed by atoms with E-state index in [-0.39, 0.29) is 0 Å². The molecule has 1 rings (SSSR count). The van der Waals surface area contributed by atoms with Gasteiger partial charge in [0, 0.05) is 6.07 Å². The highest BCUT2D eigenvalue weighted by atomic mass is 19.4. The van der Waals surface area contributed by atoms with Crippen LogP contribution in [0.4, 0.5) is 18.9 Å². The number of hydrogen-bond acceptors (Lipinski definition) is 4. The van der Waals surface area contributed by atoms with Crippen LogP contribution in [0.15, 0.2) is 18.2 Å². The van der Waals surface area contributed by atoms with Crippen LogP contribution in [0.25, 0.3) is 0 Å². The SMILES string of the molecule is NOc1ccc(C(F)(F)F)cc1[N+](=O)[O-]. The Morgan fingerprint density at radius 2 is 2.00 bits per heavy atom. The molecule has 0 spiro atoms. The van der Waals surface area contributed by atoms with E-state index in [4.69, 9.17) is 0 Å². The van der Waals surface area contributed by atoms with Crippen molar-refractivity contribution in [2.45, 2.75) is 6.18 Å². The van der Waals surface area contributed by atoms with E-state index in [0.29, 0.717) is 12.1 Å². The highest BCUT2D eigenvalue weighted by molar-refractivity contribution is 5.49. The lowest BCUT2D eigenvalue weighted by Gasteiger charge is -2.07. The number of hydrogen-bond donors (Lipinski definition) is 1. The highest BCUT2D eigenvalue weighted by Crippen LogP contribution is 2.35. The molecule has 0 heterocycles. The normalized spacial score (nSPS) is 11.2. The van der Waals surface area contributed by atoms with Gasteiger partial charge in [0.1, 0.15) is 0 Å². The molecule has 15 heavy (non-hydrogen) atoms. The van der Waals surface area contributed by atoms with Crippen LogP contribution >= 0.6 is 0 Å². The minimum absolute atomic E-state index is 0.363. The molecule has 5 nitrogen and oxygen atoms in total. The first-order valence-electron chi connectivity index (χ1n) is 3.58. The third kappa shape index (κ3) is 2.34. The average molecular weight is 222 g/mol. The summed E-state index contributed by atoms with van der Waals surface area (Å²) >= 11 is 0. The number of nitrogens with zero attached hydrogens (tertiary/aromatic N) is 1. The third-order valence-corrected chi connectivity index (χ3v) is 1.61. The van der Waals surface area contributed by atoms with Gasteiger partial charge in [0.15, 0.2) is 0 Å². The lowest BCUT2D eigenvalue weighted by Crippen LogP contribution is -2.08. The summed E-state index contributed by atoms with van der Waals surface area (Å²) in [6, 6.07) is 1.80. The van der Waals surface area contributed by atoms with Gasteiger partial charge in [-0.3, -0.25) is 10.1 Å². The molecule has 0 aromatic heterocycles. The van der Waals surface area contributed by atoms with E-state index in [1.165, 1.54) is 0 Å². The van der Waals surface area contributed by atoms with Crippen LogP contribution in [-0.2, 0) is 6.18 Å². The summed E-state index contributed by atoms with van der Waals surface area (Å²) in [6.07, 6.45) is -4.64. The van der Waals surface area contributed by atoms with Crippen LogP contribution in [0, 0.1) is 10.1 Å². The van der Waals surface area contributed by atoms with Crippen LogP contribution in [-0.4, -0.2) is 4.92 Å². The molecule has 1 aromatic carbocycles. The molecule has 0 saturated carbocycles. The predicted molar refractivity (Wildman–Crippen MR) is 42.9 cm³/mol. The van der Waals surface area contributed by atoms with Crippen molar-refractivity contribution in [3.05, 3.63) is 33.9 Å². The summed E-state index contributed by atoms with van der Waals surface area (Å²) in [5.41, 5.74) is -1.96. The quantitative estimate of drug-likeness (QED) is 0.611. The van der Waals surface area contributed by atoms with Gasteiger partial charge in [0.25, 0.3) is 0 Å². The van der Waals surface area contributed by atoms with Crippen LogP contribution < -0.4 is 10.7 Å². The molecular weight excluding hydrogens is 217 g/mol. The van der Waals surface area contributed by atoms with Crippen molar-refractivity contribution < 1.29 is 22.9 Å². The maximum absolute atomic E-state index is 12.2. The molecule has 1 aromatic rings. The van der Waals surface area contributed by atoms with E-state index in [2.05, 4.69) is 10.7 Å². The first-order valence-corrected chi connectivity index (χ1v) is 3.58. The van der Waals surface area contributed by atoms with Crippen molar-refractivity contribution in [2.24, 2.45) is 5.90 Å². The minimum Gasteiger partial charge on any atom is -0.404 e. The first kappa shape index (κ1) is 11.2. The second kappa shape index (κ2) is 3.73. The summed E-state index contributed by atoms with van der Waals surface area (Å²) in [5.74, 6) is 4.24. The summed E-state index contributed by atoms with van der Waals surface area (Å²) in [6.45, 7) is 0. The Hall–Kier alpha value is -1.83. The topological polar surface area (TPSA) is 78.4 Å². The Labute approximate surface area is 81.4 Å². The van der Waals surface area contributed by atoms with Crippen molar-refractivity contribution in [1.29, 1.82) is 0 Å². The zero-order valence-electron chi connectivity index (χ0n) is 7.12. The maximum atomic E-state index is 12.2. The van der Waals surface area contributed by atoms with E-state index < -0.39 is 28.1 Å². The number of nitrogens with two attached hydrogens (primary N) is 1. The second-order valence-corrected chi connectivity index (χ2v) is 2.56. The van der Waals surface area contributed by atoms with Crippen molar-refractivity contribution >= 4 is 5.69 Å². The van der Waals surface area contributed by atoms with Crippen molar-refractivity contribution in [3.63, 3.8) is 0 Å². The Morgan fingerprint density at radius 1 is 1.40 bits per heavy atom. The summed E-state index contributed by atoms with van der Waals surface area (Å²) in [5, 5.41) is 10.4. The number of benzene rings is 1. The molecule has 0 aliphatic rings. The lowest BCUT2D eigenvalue weighted by molar-refractivity contribution is -0.386. The largest absolute Gasteiger partial charge is 0.416 e. The number of nitro benzene ring substituents is 1. The fourth-order valence-corrected chi connectivity index (χ4v) is 0.936. The predicted octanol–water partition coefficient (Wildman–Crippen LogP) is 1.87. The van der Waals surface area contributed by atoms with Gasteiger partial charge in [-0.15, -0.1) is 0 Å². The van der Waals surface area contributed by atoms with Gasteiger partial charge in [-0.1, -0.05) is 0 Å². The zero-order valence-corrected chi connectivity index (χ0v) is 7.12. The van der Waals surface area contributed by atoms with Gasteiger partial charge < -0.3 is 4.84 Å². The molecule has 0 unspecified atom stereocenters. The third-order valence-electron chi connectivity index (χ3n) is 1.61. The molecule has 0 radical (unpaired) electrons. The highest BCUT2D eigenvalue weighted by Gasteiger charge is 2.33. The zero-order chi connectivity index (χ0) is 11.6. The van der Waals surface area contributed by atoms with Crippen LogP contribution in [0.2, 0.25) is 0 Å². The van der Waals surface area contributed by atoms with Gasteiger partial charge in [-0.05, 0) is 12.1 Å². The fraction of sp³-hybridized carbons (Fsp3) is 0.143. The van der Waals surface area contributed by atoms with Gasteiger partial charge in [-0.2, -0.15) is 19.1 Å². The van der Waals surface area contributed by atoms with Crippen molar-refractivity contribution in [2.75, 3.05) is 0 Å². The molecule has 0 aliphatic heterocycles. The molecule has 0 bridgehead atoms. The molecule has 0 fully saturated rings. The Balaban J connectivity index is 3.28. The standard InChI is InChI=1S/C7H5F3N2O3/c8-7(9,10)4-1-2-6(15-11)5(3-4)12(13)14/h1-3H,11H2. The van der Waals surface area contributed by atoms with Gasteiger partial charge in [-0.25, -0.2) is 0 Å². The Bertz CT molecular complexity index is 392. The van der Waals surface area contributed by atoms with E-state index in [1.807, 2.05) is 0 Å². The smallest absolute Gasteiger partial charge is 0.404 e. The number of alkyl halides is 3. The van der Waals surface area contributed by atoms with E-state index >= 15 is 0 Å². The van der Waals surface area contributed by atoms with Crippen LogP contribution in [0.5, 0.6) is 5.75 Å². The molecule has 0 aliphatic carbocycles. The molecule has 82 valence electrons. The van der Waals surface area contributed by atoms with Crippen molar-refractivity contribution in [1.82, 2.24) is 0 Å². The summed E-state index contributed by atoms with van der Waals surface area (Å²) < 4.78 is 36.5. The van der Waals surface area contributed by atoms with E-state index in [0.717, 1.165) is 6.07 Å². The number of halogens is 3. The molecule has 8 heteroatoms. The maximum Gasteiger partial charge on any atom is 0.416 e. The van der Waals surface area contributed by atoms with E-state index in [1.54, 1.807) is 0 Å². The Kier molecular flexibility index (Phi) is 2.80. The van der Waals surface area contributed by atoms with Crippen LogP contribution in [0.3, 0.4) is 0 Å². The minimum atomic E-state index is -4.64. The monoisotopic (exact) mass is 222 g/mol. The molecule has 2 N–H and O–H groups in total. The second-order valence-electron chi connectivity index (χ2n) is 2.56. The fourth-order valence-electron chi connectivity index (χ4n) is 0.936. The average Bonchev–Trinajstić information content (AvgIpc) is 2.15. The van der Waals surface area contributed by atoms with Crippen molar-refractivity contribution in [3.8, 4) is 5.75 Å². The van der Waals surface area contributed by atoms with Gasteiger partial charge in [0.05, 0.1) is 10.5 Å². The van der Waals surface area contributed by atoms with Crippen LogP contribution in [0.1, 0.15) is 5.56 Å². The summed E-state index contributed by atoms with van der Waals surface area (Å²) in [7, 11) is 0. The number of rotatable bonds is 2. The summed E-state index contributed by atoms with van der Waals surface area (Å²) in [4.78, 5) is 13.4. The molecule has 0 saturated heterocycles. The first-order chi connectivity index (χ1) is 6.86. The van der Waals surface area contributed by atoms with Gasteiger partial charge >= 0.3 is 11.9 Å². The van der Waals surface area contributed by atoms with Gasteiger partial charge in [0.2, 0.25) is 5.75 Å². The lowest BCUT2D eigenvalue weighted by atomic mass is 10.2. The molecular formula is C7H5F3N2O3. The number of nitro groups is 1.